The quantitative estimate of drug-likeness (QED) is 0.368. The van der Waals surface area contributed by atoms with E-state index >= 15 is 0 Å². The smallest absolute Gasteiger partial charge is 0.133 e. The van der Waals surface area contributed by atoms with Gasteiger partial charge in [0, 0.05) is 9.79 Å². The monoisotopic (exact) mass is 398 g/mol. The summed E-state index contributed by atoms with van der Waals surface area (Å²) in [7, 11) is 0. The summed E-state index contributed by atoms with van der Waals surface area (Å²) in [4.78, 5) is 3.26. The van der Waals surface area contributed by atoms with E-state index in [0.717, 1.165) is 43.6 Å². The molecule has 2 rings (SSSR count). The number of hydrogen-bond acceptors (Lipinski definition) is 6. The molecule has 0 heterocycles. The van der Waals surface area contributed by atoms with Crippen molar-refractivity contribution in [3.63, 3.8) is 0 Å². The summed E-state index contributed by atoms with van der Waals surface area (Å²) in [5.41, 5.74) is 2.31. The second kappa shape index (κ2) is 9.22. The molecule has 0 unspecified atom stereocenters. The molecule has 0 atom stereocenters. The first kappa shape index (κ1) is 19.8. The Morgan fingerprint density at radius 3 is 1.33 bits per heavy atom. The summed E-state index contributed by atoms with van der Waals surface area (Å²) >= 11 is 18.0. The largest absolute Gasteiger partial charge is 0.489 e. The minimum atomic E-state index is 0.414. The van der Waals surface area contributed by atoms with Gasteiger partial charge in [-0.1, -0.05) is 26.0 Å². The van der Waals surface area contributed by atoms with Gasteiger partial charge in [-0.2, -0.15) is 0 Å². The maximum absolute atomic E-state index is 5.76. The minimum Gasteiger partial charge on any atom is -0.489 e. The molecular formula is C18H22O2S4. The maximum Gasteiger partial charge on any atom is 0.133 e. The van der Waals surface area contributed by atoms with Gasteiger partial charge in [0.1, 0.15) is 24.7 Å². The molecule has 0 fully saturated rings. The number of hydrogen-bond donors (Lipinski definition) is 4. The van der Waals surface area contributed by atoms with Crippen LogP contribution in [0.1, 0.15) is 25.0 Å². The van der Waals surface area contributed by atoms with E-state index in [4.69, 9.17) is 9.47 Å². The van der Waals surface area contributed by atoms with Crippen LogP contribution < -0.4 is 9.47 Å². The van der Waals surface area contributed by atoms with Crippen molar-refractivity contribution in [3.8, 4) is 11.5 Å². The fourth-order valence-corrected chi connectivity index (χ4v) is 3.56. The van der Waals surface area contributed by atoms with Crippen LogP contribution in [0.2, 0.25) is 0 Å². The molecule has 0 aliphatic heterocycles. The van der Waals surface area contributed by atoms with Crippen molar-refractivity contribution in [1.82, 2.24) is 0 Å². The van der Waals surface area contributed by atoms with Gasteiger partial charge < -0.3 is 9.47 Å². The van der Waals surface area contributed by atoms with E-state index in [1.165, 1.54) is 0 Å². The Labute approximate surface area is 166 Å². The predicted molar refractivity (Wildman–Crippen MR) is 112 cm³/mol. The van der Waals surface area contributed by atoms with Crippen molar-refractivity contribution >= 4 is 50.5 Å². The highest BCUT2D eigenvalue weighted by Gasteiger charge is 2.10. The van der Waals surface area contributed by atoms with Crippen LogP contribution in [0.15, 0.2) is 43.8 Å². The summed E-state index contributed by atoms with van der Waals surface area (Å²) in [5, 5.41) is 0. The fraction of sp³-hybridized carbons (Fsp3) is 0.333. The lowest BCUT2D eigenvalue weighted by atomic mass is 10.1. The Morgan fingerprint density at radius 2 is 1.00 bits per heavy atom. The van der Waals surface area contributed by atoms with E-state index in [-0.39, 0.29) is 0 Å². The van der Waals surface area contributed by atoms with Gasteiger partial charge in [0.25, 0.3) is 0 Å². The van der Waals surface area contributed by atoms with Gasteiger partial charge in [0.15, 0.2) is 0 Å². The molecule has 2 nitrogen and oxygen atoms in total. The van der Waals surface area contributed by atoms with Crippen LogP contribution in [-0.2, 0) is 12.8 Å². The molecule has 2 aromatic carbocycles. The van der Waals surface area contributed by atoms with Crippen molar-refractivity contribution in [2.75, 3.05) is 13.2 Å². The topological polar surface area (TPSA) is 18.5 Å². The third kappa shape index (κ3) is 4.54. The minimum absolute atomic E-state index is 0.414. The Kier molecular flexibility index (Phi) is 7.60. The number of benzene rings is 2. The lowest BCUT2D eigenvalue weighted by Gasteiger charge is -2.15. The van der Waals surface area contributed by atoms with Gasteiger partial charge in [0.05, 0.1) is 9.79 Å². The summed E-state index contributed by atoms with van der Waals surface area (Å²) in [5.74, 6) is 1.43. The SMILES string of the molecule is CCc1ccc(OCCOc2ccc(CC)c(S)c2S)c(S)c1S. The van der Waals surface area contributed by atoms with E-state index in [9.17, 15) is 0 Å². The van der Waals surface area contributed by atoms with Gasteiger partial charge in [-0.3, -0.25) is 0 Å². The normalized spacial score (nSPS) is 10.8. The highest BCUT2D eigenvalue weighted by molar-refractivity contribution is 7.84. The Balaban J connectivity index is 1.94. The molecule has 2 aromatic rings. The molecule has 0 saturated heterocycles. The van der Waals surface area contributed by atoms with Gasteiger partial charge in [-0.15, -0.1) is 50.5 Å². The first-order chi connectivity index (χ1) is 11.5. The number of rotatable bonds is 7. The van der Waals surface area contributed by atoms with Crippen molar-refractivity contribution in [1.29, 1.82) is 0 Å². The first-order valence-corrected chi connectivity index (χ1v) is 9.61. The van der Waals surface area contributed by atoms with E-state index in [0.29, 0.717) is 24.7 Å². The van der Waals surface area contributed by atoms with Gasteiger partial charge >= 0.3 is 0 Å². The molecule has 0 aromatic heterocycles. The summed E-state index contributed by atoms with van der Waals surface area (Å²) < 4.78 is 11.5. The first-order valence-electron chi connectivity index (χ1n) is 7.82. The standard InChI is InChI=1S/C18H22O2S4/c1-3-11-5-7-13(17(23)15(11)21)19-9-10-20-14-8-6-12(4-2)16(22)18(14)24/h5-8,21-24H,3-4,9-10H2,1-2H3. The molecule has 0 aliphatic rings. The molecule has 0 saturated carbocycles. The van der Waals surface area contributed by atoms with Crippen LogP contribution in [0.3, 0.4) is 0 Å². The van der Waals surface area contributed by atoms with E-state index in [1.807, 2.05) is 24.3 Å². The lowest BCUT2D eigenvalue weighted by Crippen LogP contribution is -2.10. The summed E-state index contributed by atoms with van der Waals surface area (Å²) in [6.07, 6.45) is 1.83. The Morgan fingerprint density at radius 1 is 0.625 bits per heavy atom. The van der Waals surface area contributed by atoms with Gasteiger partial charge in [-0.05, 0) is 36.1 Å². The highest BCUT2D eigenvalue weighted by Crippen LogP contribution is 2.33. The molecule has 0 spiro atoms. The van der Waals surface area contributed by atoms with Crippen molar-refractivity contribution < 1.29 is 9.47 Å². The van der Waals surface area contributed by atoms with Crippen molar-refractivity contribution in [3.05, 3.63) is 35.4 Å². The number of aryl methyl sites for hydroxylation is 2. The van der Waals surface area contributed by atoms with Gasteiger partial charge in [-0.25, -0.2) is 0 Å². The third-order valence-corrected chi connectivity index (χ3v) is 6.02. The van der Waals surface area contributed by atoms with Crippen LogP contribution in [-0.4, -0.2) is 13.2 Å². The molecule has 130 valence electrons. The van der Waals surface area contributed by atoms with Crippen LogP contribution in [0.5, 0.6) is 11.5 Å². The number of ether oxygens (including phenoxy) is 2. The zero-order valence-electron chi connectivity index (χ0n) is 13.7. The highest BCUT2D eigenvalue weighted by atomic mass is 32.1. The fourth-order valence-electron chi connectivity index (χ4n) is 2.31. The van der Waals surface area contributed by atoms with E-state index in [1.54, 1.807) is 0 Å². The van der Waals surface area contributed by atoms with Crippen LogP contribution in [0, 0.1) is 0 Å². The molecular weight excluding hydrogens is 376 g/mol. The average Bonchev–Trinajstić information content (AvgIpc) is 2.59. The molecule has 6 heteroatoms. The average molecular weight is 399 g/mol. The summed E-state index contributed by atoms with van der Waals surface area (Å²) in [6, 6.07) is 7.88. The molecule has 0 amide bonds. The third-order valence-electron chi connectivity index (χ3n) is 3.76. The van der Waals surface area contributed by atoms with E-state index < -0.39 is 0 Å². The van der Waals surface area contributed by atoms with Crippen molar-refractivity contribution in [2.24, 2.45) is 0 Å². The maximum atomic E-state index is 5.76. The lowest BCUT2D eigenvalue weighted by molar-refractivity contribution is 0.210. The van der Waals surface area contributed by atoms with E-state index in [2.05, 4.69) is 64.4 Å². The van der Waals surface area contributed by atoms with Crippen LogP contribution in [0.25, 0.3) is 0 Å². The second-order valence-corrected chi connectivity index (χ2v) is 7.03. The molecule has 0 N–H and O–H groups in total. The molecule has 0 radical (unpaired) electrons. The zero-order chi connectivity index (χ0) is 17.7. The molecule has 0 bridgehead atoms. The predicted octanol–water partition coefficient (Wildman–Crippen LogP) is 5.42. The zero-order valence-corrected chi connectivity index (χ0v) is 17.3. The second-order valence-electron chi connectivity index (χ2n) is 5.24. The number of thiol groups is 4. The Hall–Kier alpha value is -0.560. The van der Waals surface area contributed by atoms with Gasteiger partial charge in [0.2, 0.25) is 0 Å². The molecule has 24 heavy (non-hydrogen) atoms. The Bertz CT molecular complexity index is 655. The van der Waals surface area contributed by atoms with Crippen LogP contribution in [0.4, 0.5) is 0 Å². The van der Waals surface area contributed by atoms with Crippen LogP contribution >= 0.6 is 50.5 Å². The summed E-state index contributed by atoms with van der Waals surface area (Å²) in [6.45, 7) is 5.00. The van der Waals surface area contributed by atoms with Crippen molar-refractivity contribution in [2.45, 2.75) is 46.3 Å². The molecule has 0 aliphatic carbocycles.